The number of nitrogens with zero attached hydrogens (tertiary/aromatic N) is 1. The van der Waals surface area contributed by atoms with E-state index in [4.69, 9.17) is 5.11 Å². The average molecular weight is 275 g/mol. The summed E-state index contributed by atoms with van der Waals surface area (Å²) < 4.78 is 0. The molecule has 1 N–H and O–H groups in total. The molecule has 4 nitrogen and oxygen atoms in total. The van der Waals surface area contributed by atoms with Gasteiger partial charge in [-0.2, -0.15) is 0 Å². The third-order valence-electron chi connectivity index (χ3n) is 3.67. The van der Waals surface area contributed by atoms with Crippen LogP contribution in [0.1, 0.15) is 25.3 Å². The normalized spacial score (nSPS) is 15.7. The molecule has 1 aliphatic carbocycles. The Morgan fingerprint density at radius 1 is 1.30 bits per heavy atom. The Kier molecular flexibility index (Phi) is 4.77. The van der Waals surface area contributed by atoms with Crippen molar-refractivity contribution < 1.29 is 14.7 Å². The molecule has 108 valence electrons. The lowest BCUT2D eigenvalue weighted by molar-refractivity contribution is -0.143. The minimum Gasteiger partial charge on any atom is -0.481 e. The number of aliphatic carboxylic acids is 1. The lowest BCUT2D eigenvalue weighted by atomic mass is 10.1. The lowest BCUT2D eigenvalue weighted by Crippen LogP contribution is -2.39. The Morgan fingerprint density at radius 3 is 2.50 bits per heavy atom. The molecule has 0 spiro atoms. The Morgan fingerprint density at radius 2 is 1.95 bits per heavy atom. The summed E-state index contributed by atoms with van der Waals surface area (Å²) in [6.07, 6.45) is 2.66. The lowest BCUT2D eigenvalue weighted by Gasteiger charge is -2.24. The highest BCUT2D eigenvalue weighted by atomic mass is 16.4. The Hall–Kier alpha value is -1.84. The van der Waals surface area contributed by atoms with Gasteiger partial charge in [0.2, 0.25) is 5.91 Å². The number of carboxylic acids is 1. The number of carbonyl (C=O) groups is 2. The fourth-order valence-electron chi connectivity index (χ4n) is 2.20. The molecule has 1 aromatic carbocycles. The van der Waals surface area contributed by atoms with E-state index in [2.05, 4.69) is 0 Å². The van der Waals surface area contributed by atoms with Crippen LogP contribution in [0.15, 0.2) is 30.3 Å². The van der Waals surface area contributed by atoms with Gasteiger partial charge < -0.3 is 10.0 Å². The van der Waals surface area contributed by atoms with E-state index >= 15 is 0 Å². The Labute approximate surface area is 119 Å². The van der Waals surface area contributed by atoms with E-state index in [1.165, 1.54) is 5.56 Å². The zero-order valence-electron chi connectivity index (χ0n) is 11.8. The number of carboxylic acid groups (broad SMARTS) is 1. The van der Waals surface area contributed by atoms with E-state index < -0.39 is 11.9 Å². The molecule has 1 aromatic rings. The third kappa shape index (κ3) is 4.08. The maximum atomic E-state index is 12.2. The summed E-state index contributed by atoms with van der Waals surface area (Å²) in [5, 5.41) is 9.01. The van der Waals surface area contributed by atoms with Crippen molar-refractivity contribution in [3.63, 3.8) is 0 Å². The van der Waals surface area contributed by atoms with Gasteiger partial charge in [0.25, 0.3) is 0 Å². The maximum absolute atomic E-state index is 12.2. The fraction of sp³-hybridized carbons (Fsp3) is 0.500. The molecule has 20 heavy (non-hydrogen) atoms. The number of hydrogen-bond donors (Lipinski definition) is 1. The molecule has 0 aromatic heterocycles. The first-order valence-corrected chi connectivity index (χ1v) is 7.13. The van der Waals surface area contributed by atoms with Crippen molar-refractivity contribution in [2.75, 3.05) is 13.1 Å². The summed E-state index contributed by atoms with van der Waals surface area (Å²) in [5.74, 6) is -1.12. The van der Waals surface area contributed by atoms with Gasteiger partial charge in [0.1, 0.15) is 0 Å². The number of amides is 1. The van der Waals surface area contributed by atoms with E-state index in [0.717, 1.165) is 19.3 Å². The predicted molar refractivity (Wildman–Crippen MR) is 76.2 cm³/mol. The highest BCUT2D eigenvalue weighted by molar-refractivity contribution is 5.81. The molecule has 1 amide bonds. The van der Waals surface area contributed by atoms with Crippen LogP contribution >= 0.6 is 0 Å². The van der Waals surface area contributed by atoms with E-state index in [0.29, 0.717) is 13.1 Å². The molecule has 1 aliphatic rings. The first-order valence-electron chi connectivity index (χ1n) is 7.13. The molecule has 4 heteroatoms. The predicted octanol–water partition coefficient (Wildman–Crippen LogP) is 2.19. The molecule has 1 fully saturated rings. The van der Waals surface area contributed by atoms with Gasteiger partial charge in [0.05, 0.1) is 5.92 Å². The van der Waals surface area contributed by atoms with E-state index in [9.17, 15) is 9.59 Å². The van der Waals surface area contributed by atoms with Crippen molar-refractivity contribution in [2.45, 2.75) is 26.2 Å². The SMILES string of the molecule is CC(CN(CCc1ccccc1)C(=O)C1CC1)C(=O)O. The Balaban J connectivity index is 1.95. The second-order valence-corrected chi connectivity index (χ2v) is 5.53. The van der Waals surface area contributed by atoms with Gasteiger partial charge >= 0.3 is 5.97 Å². The molecule has 1 unspecified atom stereocenters. The van der Waals surface area contributed by atoms with E-state index in [-0.39, 0.29) is 11.8 Å². The number of hydrogen-bond acceptors (Lipinski definition) is 2. The molecular weight excluding hydrogens is 254 g/mol. The highest BCUT2D eigenvalue weighted by Gasteiger charge is 2.34. The summed E-state index contributed by atoms with van der Waals surface area (Å²) in [6.45, 7) is 2.55. The van der Waals surface area contributed by atoms with Gasteiger partial charge in [-0.25, -0.2) is 0 Å². The molecule has 2 rings (SSSR count). The number of rotatable bonds is 7. The Bertz CT molecular complexity index is 468. The summed E-state index contributed by atoms with van der Waals surface area (Å²) in [4.78, 5) is 24.9. The highest BCUT2D eigenvalue weighted by Crippen LogP contribution is 2.31. The number of carbonyl (C=O) groups excluding carboxylic acids is 1. The van der Waals surface area contributed by atoms with Gasteiger partial charge in [0, 0.05) is 19.0 Å². The zero-order chi connectivity index (χ0) is 14.5. The van der Waals surface area contributed by atoms with Crippen LogP contribution in [0.25, 0.3) is 0 Å². The summed E-state index contributed by atoms with van der Waals surface area (Å²) >= 11 is 0. The first-order chi connectivity index (χ1) is 9.58. The third-order valence-corrected chi connectivity index (χ3v) is 3.67. The van der Waals surface area contributed by atoms with Gasteiger partial charge in [-0.05, 0) is 24.8 Å². The molecule has 0 aliphatic heterocycles. The van der Waals surface area contributed by atoms with Crippen molar-refractivity contribution in [1.82, 2.24) is 4.90 Å². The molecule has 0 saturated heterocycles. The van der Waals surface area contributed by atoms with Crippen molar-refractivity contribution in [1.29, 1.82) is 0 Å². The van der Waals surface area contributed by atoms with E-state index in [1.54, 1.807) is 11.8 Å². The van der Waals surface area contributed by atoms with Crippen molar-refractivity contribution in [2.24, 2.45) is 11.8 Å². The van der Waals surface area contributed by atoms with Crippen LogP contribution in [-0.2, 0) is 16.0 Å². The largest absolute Gasteiger partial charge is 0.481 e. The molecule has 1 atom stereocenters. The second kappa shape index (κ2) is 6.55. The van der Waals surface area contributed by atoms with E-state index in [1.807, 2.05) is 30.3 Å². The fourth-order valence-corrected chi connectivity index (χ4v) is 2.20. The molecule has 0 radical (unpaired) electrons. The minimum atomic E-state index is -0.849. The van der Waals surface area contributed by atoms with Crippen LogP contribution < -0.4 is 0 Å². The molecule has 1 saturated carbocycles. The monoisotopic (exact) mass is 275 g/mol. The van der Waals surface area contributed by atoms with Crippen LogP contribution in [-0.4, -0.2) is 35.0 Å². The molecule has 0 bridgehead atoms. The van der Waals surface area contributed by atoms with Gasteiger partial charge in [-0.3, -0.25) is 9.59 Å². The van der Waals surface area contributed by atoms with Crippen LogP contribution in [0.3, 0.4) is 0 Å². The topological polar surface area (TPSA) is 57.6 Å². The van der Waals surface area contributed by atoms with Crippen LogP contribution in [0.2, 0.25) is 0 Å². The first kappa shape index (κ1) is 14.6. The smallest absolute Gasteiger partial charge is 0.308 e. The second-order valence-electron chi connectivity index (χ2n) is 5.53. The summed E-state index contributed by atoms with van der Waals surface area (Å²) in [5.41, 5.74) is 1.17. The van der Waals surface area contributed by atoms with Crippen LogP contribution in [0.5, 0.6) is 0 Å². The minimum absolute atomic E-state index is 0.119. The molecule has 0 heterocycles. The van der Waals surface area contributed by atoms with Gasteiger partial charge in [-0.1, -0.05) is 37.3 Å². The summed E-state index contributed by atoms with van der Waals surface area (Å²) in [7, 11) is 0. The summed E-state index contributed by atoms with van der Waals surface area (Å²) in [6, 6.07) is 9.97. The van der Waals surface area contributed by atoms with Crippen molar-refractivity contribution >= 4 is 11.9 Å². The quantitative estimate of drug-likeness (QED) is 0.830. The standard InChI is InChI=1S/C16H21NO3/c1-12(16(19)20)11-17(15(18)14-7-8-14)10-9-13-5-3-2-4-6-13/h2-6,12,14H,7-11H2,1H3,(H,19,20). The molecular formula is C16H21NO3. The maximum Gasteiger partial charge on any atom is 0.308 e. The van der Waals surface area contributed by atoms with Gasteiger partial charge in [-0.15, -0.1) is 0 Å². The van der Waals surface area contributed by atoms with Crippen LogP contribution in [0, 0.1) is 11.8 Å². The number of benzene rings is 1. The van der Waals surface area contributed by atoms with Crippen molar-refractivity contribution in [3.05, 3.63) is 35.9 Å². The van der Waals surface area contributed by atoms with Crippen LogP contribution in [0.4, 0.5) is 0 Å². The van der Waals surface area contributed by atoms with Gasteiger partial charge in [0.15, 0.2) is 0 Å². The average Bonchev–Trinajstić information content (AvgIpc) is 3.28. The zero-order valence-corrected chi connectivity index (χ0v) is 11.8. The van der Waals surface area contributed by atoms with Crippen molar-refractivity contribution in [3.8, 4) is 0 Å².